The van der Waals surface area contributed by atoms with Gasteiger partial charge < -0.3 is 0 Å². The summed E-state index contributed by atoms with van der Waals surface area (Å²) in [5, 5.41) is 0. The molecule has 188 valence electrons. The highest BCUT2D eigenvalue weighted by Crippen LogP contribution is 2.42. The summed E-state index contributed by atoms with van der Waals surface area (Å²) in [6, 6.07) is 4.86. The zero-order valence-corrected chi connectivity index (χ0v) is 17.2. The van der Waals surface area contributed by atoms with E-state index in [0.717, 1.165) is 18.2 Å². The minimum Gasteiger partial charge on any atom is -0.166 e. The number of hydrogen-bond donors (Lipinski definition) is 0. The van der Waals surface area contributed by atoms with E-state index in [-0.39, 0.29) is 28.8 Å². The summed E-state index contributed by atoms with van der Waals surface area (Å²) in [5.41, 5.74) is -8.18. The quantitative estimate of drug-likeness (QED) is 0.298. The molecule has 0 saturated carbocycles. The molecule has 0 spiro atoms. The number of benzene rings is 3. The molecule has 0 unspecified atom stereocenters. The van der Waals surface area contributed by atoms with E-state index < -0.39 is 58.1 Å². The molecule has 0 aliphatic rings. The highest BCUT2D eigenvalue weighted by atomic mass is 19.4. The lowest BCUT2D eigenvalue weighted by molar-refractivity contribution is -0.144. The molecule has 3 aromatic carbocycles. The van der Waals surface area contributed by atoms with Crippen molar-refractivity contribution in [3.8, 4) is 22.3 Å². The Bertz CT molecular complexity index is 1080. The summed E-state index contributed by atoms with van der Waals surface area (Å²) in [4.78, 5) is 0. The molecule has 0 N–H and O–H groups in total. The van der Waals surface area contributed by atoms with Crippen LogP contribution in [0, 0.1) is 6.92 Å². The molecule has 35 heavy (non-hydrogen) atoms. The van der Waals surface area contributed by atoms with Crippen molar-refractivity contribution < 1.29 is 52.7 Å². The van der Waals surface area contributed by atoms with E-state index in [2.05, 4.69) is 0 Å². The Kier molecular flexibility index (Phi) is 6.41. The monoisotopic (exact) mass is 516 g/mol. The first-order valence-corrected chi connectivity index (χ1v) is 9.48. The second kappa shape index (κ2) is 8.49. The van der Waals surface area contributed by atoms with Crippen LogP contribution in [-0.4, -0.2) is 0 Å². The average Bonchev–Trinajstić information content (AvgIpc) is 2.70. The smallest absolute Gasteiger partial charge is 0.166 e. The van der Waals surface area contributed by atoms with E-state index in [9.17, 15) is 52.7 Å². The predicted octanol–water partition coefficient (Wildman–Crippen LogP) is 9.40. The lowest BCUT2D eigenvalue weighted by Crippen LogP contribution is -2.11. The third-order valence-corrected chi connectivity index (χ3v) is 5.13. The van der Waals surface area contributed by atoms with Crippen molar-refractivity contribution in [3.05, 3.63) is 82.4 Å². The van der Waals surface area contributed by atoms with E-state index in [0.29, 0.717) is 24.3 Å². The van der Waals surface area contributed by atoms with Crippen LogP contribution in [0.3, 0.4) is 0 Å². The fourth-order valence-corrected chi connectivity index (χ4v) is 3.48. The number of alkyl halides is 12. The van der Waals surface area contributed by atoms with Gasteiger partial charge in [0.15, 0.2) is 0 Å². The van der Waals surface area contributed by atoms with Crippen LogP contribution in [0.5, 0.6) is 0 Å². The summed E-state index contributed by atoms with van der Waals surface area (Å²) in [5.74, 6) is 0. The van der Waals surface area contributed by atoms with E-state index in [1.54, 1.807) is 0 Å². The van der Waals surface area contributed by atoms with Crippen molar-refractivity contribution in [1.29, 1.82) is 0 Å². The van der Waals surface area contributed by atoms with E-state index in [1.165, 1.54) is 6.92 Å². The van der Waals surface area contributed by atoms with Crippen molar-refractivity contribution in [2.75, 3.05) is 0 Å². The van der Waals surface area contributed by atoms with E-state index in [1.807, 2.05) is 0 Å². The van der Waals surface area contributed by atoms with Crippen LogP contribution in [0.4, 0.5) is 52.7 Å². The number of hydrogen-bond acceptors (Lipinski definition) is 0. The minimum atomic E-state index is -5.15. The molecular weight excluding hydrogens is 504 g/mol. The van der Waals surface area contributed by atoms with Gasteiger partial charge in [-0.25, -0.2) is 0 Å². The summed E-state index contributed by atoms with van der Waals surface area (Å²) in [6.07, 6.45) is -20.6. The lowest BCUT2D eigenvalue weighted by atomic mass is 9.90. The second-order valence-corrected chi connectivity index (χ2v) is 7.57. The molecule has 3 rings (SSSR count). The molecule has 0 saturated heterocycles. The van der Waals surface area contributed by atoms with Crippen LogP contribution in [0.25, 0.3) is 22.3 Å². The van der Waals surface area contributed by atoms with Crippen molar-refractivity contribution in [2.45, 2.75) is 31.6 Å². The Morgan fingerprint density at radius 2 is 0.686 bits per heavy atom. The lowest BCUT2D eigenvalue weighted by Gasteiger charge is -2.18. The van der Waals surface area contributed by atoms with Crippen LogP contribution in [-0.2, 0) is 24.7 Å². The second-order valence-electron chi connectivity index (χ2n) is 7.57. The Labute approximate surface area is 189 Å². The van der Waals surface area contributed by atoms with Gasteiger partial charge in [-0.05, 0) is 71.1 Å². The average molecular weight is 516 g/mol. The van der Waals surface area contributed by atoms with E-state index in [4.69, 9.17) is 0 Å². The normalized spacial score (nSPS) is 13.3. The van der Waals surface area contributed by atoms with Gasteiger partial charge in [-0.2, -0.15) is 52.7 Å². The standard InChI is InChI=1S/C23H12F12/c1-11-18(12-5-14(20(24,25)26)9-15(6-12)21(27,28)29)3-2-4-19(11)13-7-16(22(30,31)32)10-17(8-13)23(33,34)35/h2-10H,1H3. The molecule has 3 aromatic rings. The van der Waals surface area contributed by atoms with Crippen molar-refractivity contribution in [3.63, 3.8) is 0 Å². The molecule has 0 amide bonds. The van der Waals surface area contributed by atoms with Gasteiger partial charge in [-0.3, -0.25) is 0 Å². The van der Waals surface area contributed by atoms with Crippen LogP contribution < -0.4 is 0 Å². The van der Waals surface area contributed by atoms with E-state index >= 15 is 0 Å². The largest absolute Gasteiger partial charge is 0.416 e. The van der Waals surface area contributed by atoms with Crippen molar-refractivity contribution in [2.24, 2.45) is 0 Å². The van der Waals surface area contributed by atoms with Gasteiger partial charge in [0, 0.05) is 0 Å². The number of halogens is 12. The van der Waals surface area contributed by atoms with Gasteiger partial charge in [-0.1, -0.05) is 18.2 Å². The Morgan fingerprint density at radius 1 is 0.429 bits per heavy atom. The third kappa shape index (κ3) is 5.73. The maximum atomic E-state index is 13.2. The molecule has 12 heteroatoms. The molecule has 0 fully saturated rings. The number of rotatable bonds is 2. The van der Waals surface area contributed by atoms with Gasteiger partial charge in [0.05, 0.1) is 22.3 Å². The molecule has 0 atom stereocenters. The van der Waals surface area contributed by atoms with Crippen LogP contribution in [0.1, 0.15) is 27.8 Å². The Hall–Kier alpha value is -3.18. The van der Waals surface area contributed by atoms with Gasteiger partial charge in [0.2, 0.25) is 0 Å². The van der Waals surface area contributed by atoms with Gasteiger partial charge in [0.25, 0.3) is 0 Å². The molecule has 0 nitrogen and oxygen atoms in total. The Balaban J connectivity index is 2.29. The fraction of sp³-hybridized carbons (Fsp3) is 0.217. The highest BCUT2D eigenvalue weighted by Gasteiger charge is 2.38. The maximum absolute atomic E-state index is 13.2. The Morgan fingerprint density at radius 3 is 0.914 bits per heavy atom. The van der Waals surface area contributed by atoms with Crippen LogP contribution >= 0.6 is 0 Å². The first-order chi connectivity index (χ1) is 15.8. The molecule has 0 aliphatic carbocycles. The minimum absolute atomic E-state index is 0.0922. The summed E-state index contributed by atoms with van der Waals surface area (Å²) in [7, 11) is 0. The molecule has 0 heterocycles. The highest BCUT2D eigenvalue weighted by molar-refractivity contribution is 5.79. The van der Waals surface area contributed by atoms with Crippen molar-refractivity contribution >= 4 is 0 Å². The predicted molar refractivity (Wildman–Crippen MR) is 102 cm³/mol. The van der Waals surface area contributed by atoms with Gasteiger partial charge in [-0.15, -0.1) is 0 Å². The zero-order valence-electron chi connectivity index (χ0n) is 17.2. The summed E-state index contributed by atoms with van der Waals surface area (Å²) < 4.78 is 159. The van der Waals surface area contributed by atoms with Crippen LogP contribution in [0.2, 0.25) is 0 Å². The zero-order chi connectivity index (χ0) is 26.6. The first kappa shape index (κ1) is 26.4. The summed E-state index contributed by atoms with van der Waals surface area (Å²) in [6.45, 7) is 1.17. The molecule has 0 bridgehead atoms. The third-order valence-electron chi connectivity index (χ3n) is 5.13. The summed E-state index contributed by atoms with van der Waals surface area (Å²) >= 11 is 0. The maximum Gasteiger partial charge on any atom is 0.416 e. The molecule has 0 aromatic heterocycles. The molecule has 0 radical (unpaired) electrons. The van der Waals surface area contributed by atoms with Crippen molar-refractivity contribution in [1.82, 2.24) is 0 Å². The SMILES string of the molecule is Cc1c(-c2cc(C(F)(F)F)cc(C(F)(F)F)c2)cccc1-c1cc(C(F)(F)F)cc(C(F)(F)F)c1. The topological polar surface area (TPSA) is 0 Å². The fourth-order valence-electron chi connectivity index (χ4n) is 3.48. The molecule has 0 aliphatic heterocycles. The molecular formula is C23H12F12. The van der Waals surface area contributed by atoms with Gasteiger partial charge >= 0.3 is 24.7 Å². The van der Waals surface area contributed by atoms with Crippen LogP contribution in [0.15, 0.2) is 54.6 Å². The van der Waals surface area contributed by atoms with Gasteiger partial charge in [0.1, 0.15) is 0 Å². The first-order valence-electron chi connectivity index (χ1n) is 9.48.